The lowest BCUT2D eigenvalue weighted by Crippen LogP contribution is -2.16. The van der Waals surface area contributed by atoms with E-state index in [9.17, 15) is 9.59 Å². The lowest BCUT2D eigenvalue weighted by molar-refractivity contribution is -0.146. The monoisotopic (exact) mass is 260 g/mol. The number of ether oxygens (including phenoxy) is 2. The minimum absolute atomic E-state index is 0.00295. The van der Waals surface area contributed by atoms with E-state index in [2.05, 4.69) is 13.8 Å². The third-order valence-electron chi connectivity index (χ3n) is 2.32. The molecule has 0 saturated carbocycles. The molecule has 0 saturated heterocycles. The Labute approximate surface area is 108 Å². The topological polar surface area (TPSA) is 72.8 Å². The first-order valence-electron chi connectivity index (χ1n) is 6.40. The van der Waals surface area contributed by atoms with Gasteiger partial charge in [0, 0.05) is 12.8 Å². The zero-order valence-electron chi connectivity index (χ0n) is 11.5. The number of carboxylic acids is 1. The first kappa shape index (κ1) is 16.9. The minimum atomic E-state index is -0.895. The fourth-order valence-electron chi connectivity index (χ4n) is 1.59. The van der Waals surface area contributed by atoms with Crippen molar-refractivity contribution in [1.29, 1.82) is 0 Å². The van der Waals surface area contributed by atoms with Gasteiger partial charge in [-0.25, -0.2) is 0 Å². The lowest BCUT2D eigenvalue weighted by Gasteiger charge is -2.15. The van der Waals surface area contributed by atoms with Crippen LogP contribution in [-0.4, -0.2) is 36.4 Å². The summed E-state index contributed by atoms with van der Waals surface area (Å²) in [6.45, 7) is 6.87. The summed E-state index contributed by atoms with van der Waals surface area (Å²) in [5, 5.41) is 8.40. The number of carboxylic acid groups (broad SMARTS) is 1. The highest BCUT2D eigenvalue weighted by molar-refractivity contribution is 5.71. The summed E-state index contributed by atoms with van der Waals surface area (Å²) in [6, 6.07) is 0. The van der Waals surface area contributed by atoms with E-state index in [0.717, 1.165) is 6.42 Å². The van der Waals surface area contributed by atoms with Crippen LogP contribution in [0.3, 0.4) is 0 Å². The van der Waals surface area contributed by atoms with Crippen molar-refractivity contribution in [3.05, 3.63) is 0 Å². The summed E-state index contributed by atoms with van der Waals surface area (Å²) >= 11 is 0. The third kappa shape index (κ3) is 11.4. The normalized spacial score (nSPS) is 12.4. The van der Waals surface area contributed by atoms with Crippen LogP contribution in [0.15, 0.2) is 0 Å². The zero-order chi connectivity index (χ0) is 14.0. The van der Waals surface area contributed by atoms with Crippen molar-refractivity contribution in [3.8, 4) is 0 Å². The standard InChI is InChI=1S/C13H24O5/c1-10(2)9-11(3)17-7-8-18-13(16)6-4-5-12(14)15/h10-11H,4-9H2,1-3H3,(H,14,15). The van der Waals surface area contributed by atoms with E-state index in [1.165, 1.54) is 0 Å². The Morgan fingerprint density at radius 1 is 1.11 bits per heavy atom. The van der Waals surface area contributed by atoms with Gasteiger partial charge in [-0.05, 0) is 25.7 Å². The molecule has 18 heavy (non-hydrogen) atoms. The molecule has 0 aliphatic rings. The Balaban J connectivity index is 3.42. The number of hydrogen-bond acceptors (Lipinski definition) is 4. The molecule has 5 heteroatoms. The number of hydrogen-bond donors (Lipinski definition) is 1. The molecule has 0 aromatic carbocycles. The molecule has 1 N–H and O–H groups in total. The maximum absolute atomic E-state index is 11.2. The summed E-state index contributed by atoms with van der Waals surface area (Å²) < 4.78 is 10.4. The van der Waals surface area contributed by atoms with Gasteiger partial charge in [0.25, 0.3) is 0 Å². The molecule has 0 aliphatic heterocycles. The molecule has 0 heterocycles. The average molecular weight is 260 g/mol. The highest BCUT2D eigenvalue weighted by Gasteiger charge is 2.07. The summed E-state index contributed by atoms with van der Waals surface area (Å²) in [7, 11) is 0. The van der Waals surface area contributed by atoms with Crippen LogP contribution in [0.25, 0.3) is 0 Å². The van der Waals surface area contributed by atoms with Gasteiger partial charge in [-0.2, -0.15) is 0 Å². The number of aliphatic carboxylic acids is 1. The second-order valence-corrected chi connectivity index (χ2v) is 4.78. The molecule has 1 unspecified atom stereocenters. The van der Waals surface area contributed by atoms with Crippen LogP contribution >= 0.6 is 0 Å². The highest BCUT2D eigenvalue weighted by atomic mass is 16.6. The predicted molar refractivity (Wildman–Crippen MR) is 67.3 cm³/mol. The van der Waals surface area contributed by atoms with Gasteiger partial charge in [0.15, 0.2) is 0 Å². The van der Waals surface area contributed by atoms with Crippen LogP contribution in [0.1, 0.15) is 46.5 Å². The van der Waals surface area contributed by atoms with Crippen molar-refractivity contribution < 1.29 is 24.2 Å². The molecule has 0 bridgehead atoms. The molecule has 0 radical (unpaired) electrons. The van der Waals surface area contributed by atoms with E-state index < -0.39 is 5.97 Å². The highest BCUT2D eigenvalue weighted by Crippen LogP contribution is 2.07. The molecule has 0 fully saturated rings. The maximum Gasteiger partial charge on any atom is 0.305 e. The first-order valence-corrected chi connectivity index (χ1v) is 6.40. The van der Waals surface area contributed by atoms with Crippen molar-refractivity contribution >= 4 is 11.9 Å². The van der Waals surface area contributed by atoms with Crippen molar-refractivity contribution in [2.45, 2.75) is 52.6 Å². The summed E-state index contributed by atoms with van der Waals surface area (Å²) in [5.41, 5.74) is 0. The molecule has 0 aliphatic carbocycles. The maximum atomic E-state index is 11.2. The van der Waals surface area contributed by atoms with Crippen LogP contribution < -0.4 is 0 Å². The van der Waals surface area contributed by atoms with Gasteiger partial charge in [-0.1, -0.05) is 13.8 Å². The van der Waals surface area contributed by atoms with E-state index in [4.69, 9.17) is 14.6 Å². The number of esters is 1. The van der Waals surface area contributed by atoms with E-state index in [1.54, 1.807) is 0 Å². The van der Waals surface area contributed by atoms with E-state index in [1.807, 2.05) is 6.92 Å². The number of carbonyl (C=O) groups is 2. The van der Waals surface area contributed by atoms with Crippen molar-refractivity contribution in [1.82, 2.24) is 0 Å². The quantitative estimate of drug-likeness (QED) is 0.481. The zero-order valence-corrected chi connectivity index (χ0v) is 11.5. The lowest BCUT2D eigenvalue weighted by atomic mass is 10.1. The Kier molecular flexibility index (Phi) is 9.28. The Hall–Kier alpha value is -1.10. The molecule has 1 atom stereocenters. The van der Waals surface area contributed by atoms with Crippen LogP contribution in [0.5, 0.6) is 0 Å². The number of carbonyl (C=O) groups excluding carboxylic acids is 1. The third-order valence-corrected chi connectivity index (χ3v) is 2.32. The average Bonchev–Trinajstić information content (AvgIpc) is 2.23. The van der Waals surface area contributed by atoms with Gasteiger partial charge in [0.05, 0.1) is 12.7 Å². The predicted octanol–water partition coefficient (Wildman–Crippen LogP) is 2.24. The van der Waals surface area contributed by atoms with Crippen molar-refractivity contribution in [2.75, 3.05) is 13.2 Å². The van der Waals surface area contributed by atoms with Gasteiger partial charge in [0.1, 0.15) is 6.61 Å². The van der Waals surface area contributed by atoms with Crippen LogP contribution in [0.2, 0.25) is 0 Å². The Morgan fingerprint density at radius 3 is 2.33 bits per heavy atom. The SMILES string of the molecule is CC(C)CC(C)OCCOC(=O)CCCC(=O)O. The molecule has 0 spiro atoms. The van der Waals surface area contributed by atoms with Gasteiger partial charge >= 0.3 is 11.9 Å². The second kappa shape index (κ2) is 9.88. The van der Waals surface area contributed by atoms with Crippen LogP contribution in [0, 0.1) is 5.92 Å². The van der Waals surface area contributed by atoms with Crippen LogP contribution in [0.4, 0.5) is 0 Å². The van der Waals surface area contributed by atoms with E-state index in [0.29, 0.717) is 18.9 Å². The number of rotatable bonds is 10. The largest absolute Gasteiger partial charge is 0.481 e. The molecular formula is C13H24O5. The first-order chi connectivity index (χ1) is 8.41. The summed E-state index contributed by atoms with van der Waals surface area (Å²) in [6.07, 6.45) is 1.60. The Bertz CT molecular complexity index is 250. The molecule has 5 nitrogen and oxygen atoms in total. The van der Waals surface area contributed by atoms with Gasteiger partial charge in [0.2, 0.25) is 0 Å². The van der Waals surface area contributed by atoms with Crippen molar-refractivity contribution in [3.63, 3.8) is 0 Å². The second-order valence-electron chi connectivity index (χ2n) is 4.78. The smallest absolute Gasteiger partial charge is 0.305 e. The molecule has 106 valence electrons. The van der Waals surface area contributed by atoms with Gasteiger partial charge < -0.3 is 14.6 Å². The van der Waals surface area contributed by atoms with Crippen molar-refractivity contribution in [2.24, 2.45) is 5.92 Å². The van der Waals surface area contributed by atoms with E-state index in [-0.39, 0.29) is 31.5 Å². The minimum Gasteiger partial charge on any atom is -0.481 e. The molecule has 0 aromatic heterocycles. The summed E-state index contributed by atoms with van der Waals surface area (Å²) in [4.78, 5) is 21.4. The van der Waals surface area contributed by atoms with Gasteiger partial charge in [-0.3, -0.25) is 9.59 Å². The fraction of sp³-hybridized carbons (Fsp3) is 0.846. The van der Waals surface area contributed by atoms with Gasteiger partial charge in [-0.15, -0.1) is 0 Å². The summed E-state index contributed by atoms with van der Waals surface area (Å²) in [5.74, 6) is -0.677. The molecule has 0 rings (SSSR count). The molecular weight excluding hydrogens is 236 g/mol. The Morgan fingerprint density at radius 2 is 1.78 bits per heavy atom. The molecule has 0 aromatic rings. The van der Waals surface area contributed by atoms with Crippen LogP contribution in [-0.2, 0) is 19.1 Å². The molecule has 0 amide bonds. The fourth-order valence-corrected chi connectivity index (χ4v) is 1.59. The van der Waals surface area contributed by atoms with E-state index >= 15 is 0 Å².